The van der Waals surface area contributed by atoms with Crippen molar-refractivity contribution in [2.75, 3.05) is 13.2 Å². The molecule has 0 saturated carbocycles. The summed E-state index contributed by atoms with van der Waals surface area (Å²) in [5, 5.41) is 3.18. The summed E-state index contributed by atoms with van der Waals surface area (Å²) >= 11 is 1.68. The number of aromatic nitrogens is 1. The molecule has 0 aliphatic carbocycles. The van der Waals surface area contributed by atoms with Crippen molar-refractivity contribution >= 4 is 17.2 Å². The molecule has 2 atom stereocenters. The molecule has 2 fully saturated rings. The van der Waals surface area contributed by atoms with E-state index in [1.54, 1.807) is 11.3 Å². The smallest absolute Gasteiger partial charge is 0.225 e. The van der Waals surface area contributed by atoms with Crippen LogP contribution in [0, 0.1) is 6.92 Å². The van der Waals surface area contributed by atoms with E-state index in [1.807, 2.05) is 11.8 Å². The molecule has 2 saturated heterocycles. The second-order valence-electron chi connectivity index (χ2n) is 5.76. The Morgan fingerprint density at radius 2 is 2.35 bits per heavy atom. The normalized spacial score (nSPS) is 26.9. The van der Waals surface area contributed by atoms with Crippen molar-refractivity contribution in [2.45, 2.75) is 57.6 Å². The Morgan fingerprint density at radius 3 is 3.05 bits per heavy atom. The summed E-state index contributed by atoms with van der Waals surface area (Å²) in [6.45, 7) is 3.70. The molecule has 1 amide bonds. The zero-order chi connectivity index (χ0) is 13.9. The summed E-state index contributed by atoms with van der Waals surface area (Å²) in [6.07, 6.45) is 6.15. The van der Waals surface area contributed by atoms with E-state index in [2.05, 4.69) is 10.4 Å². The molecule has 1 aromatic heterocycles. The van der Waals surface area contributed by atoms with Gasteiger partial charge in [0.1, 0.15) is 5.01 Å². The highest BCUT2D eigenvalue weighted by Gasteiger charge is 2.31. The topological polar surface area (TPSA) is 42.4 Å². The van der Waals surface area contributed by atoms with Gasteiger partial charge in [0.15, 0.2) is 0 Å². The number of hydrogen-bond acceptors (Lipinski definition) is 4. The van der Waals surface area contributed by atoms with Gasteiger partial charge in [-0.05, 0) is 39.0 Å². The SMILES string of the molecule is Cc1csc(C2CCCCN2C(=O)CC2CCCO2)n1. The molecule has 2 unspecified atom stereocenters. The van der Waals surface area contributed by atoms with E-state index in [0.717, 1.165) is 49.5 Å². The lowest BCUT2D eigenvalue weighted by atomic mass is 10.0. The van der Waals surface area contributed by atoms with Crippen molar-refractivity contribution in [1.82, 2.24) is 9.88 Å². The average molecular weight is 294 g/mol. The highest BCUT2D eigenvalue weighted by atomic mass is 32.1. The van der Waals surface area contributed by atoms with Gasteiger partial charge in [0, 0.05) is 24.2 Å². The van der Waals surface area contributed by atoms with E-state index in [4.69, 9.17) is 4.74 Å². The van der Waals surface area contributed by atoms with Crippen LogP contribution in [0.25, 0.3) is 0 Å². The molecule has 0 spiro atoms. The lowest BCUT2D eigenvalue weighted by molar-refractivity contribution is -0.137. The largest absolute Gasteiger partial charge is 0.378 e. The van der Waals surface area contributed by atoms with Gasteiger partial charge in [-0.1, -0.05) is 0 Å². The molecule has 0 radical (unpaired) electrons. The molecular weight excluding hydrogens is 272 g/mol. The molecule has 4 nitrogen and oxygen atoms in total. The van der Waals surface area contributed by atoms with Gasteiger partial charge in [0.25, 0.3) is 0 Å². The van der Waals surface area contributed by atoms with Gasteiger partial charge in [-0.2, -0.15) is 0 Å². The van der Waals surface area contributed by atoms with E-state index >= 15 is 0 Å². The predicted octanol–water partition coefficient (Wildman–Crippen LogP) is 3.07. The fraction of sp³-hybridized carbons (Fsp3) is 0.733. The quantitative estimate of drug-likeness (QED) is 0.860. The highest BCUT2D eigenvalue weighted by Crippen LogP contribution is 2.33. The molecule has 3 heterocycles. The van der Waals surface area contributed by atoms with Crippen LogP contribution in [0.3, 0.4) is 0 Å². The maximum absolute atomic E-state index is 12.6. The molecule has 0 bridgehead atoms. The number of amides is 1. The van der Waals surface area contributed by atoms with Crippen LogP contribution in [0.5, 0.6) is 0 Å². The third-order valence-electron chi connectivity index (χ3n) is 4.17. The monoisotopic (exact) mass is 294 g/mol. The molecular formula is C15H22N2O2S. The lowest BCUT2D eigenvalue weighted by Gasteiger charge is -2.35. The first kappa shape index (κ1) is 14.0. The van der Waals surface area contributed by atoms with Gasteiger partial charge in [0.05, 0.1) is 18.6 Å². The van der Waals surface area contributed by atoms with Crippen molar-refractivity contribution in [3.05, 3.63) is 16.1 Å². The van der Waals surface area contributed by atoms with Crippen molar-refractivity contribution < 1.29 is 9.53 Å². The van der Waals surface area contributed by atoms with Crippen LogP contribution in [0.15, 0.2) is 5.38 Å². The third kappa shape index (κ3) is 3.04. The average Bonchev–Trinajstić information content (AvgIpc) is 3.10. The Bertz CT molecular complexity index is 468. The standard InChI is InChI=1S/C15H22N2O2S/c1-11-10-20-15(16-11)13-6-2-3-7-17(13)14(18)9-12-5-4-8-19-12/h10,12-13H,2-9H2,1H3. The number of nitrogens with zero attached hydrogens (tertiary/aromatic N) is 2. The van der Waals surface area contributed by atoms with E-state index in [0.29, 0.717) is 6.42 Å². The number of hydrogen-bond donors (Lipinski definition) is 0. The summed E-state index contributed by atoms with van der Waals surface area (Å²) in [7, 11) is 0. The van der Waals surface area contributed by atoms with Crippen LogP contribution in [0.1, 0.15) is 55.3 Å². The van der Waals surface area contributed by atoms with Crippen LogP contribution >= 0.6 is 11.3 Å². The number of likely N-dealkylation sites (tertiary alicyclic amines) is 1. The first-order valence-corrected chi connectivity index (χ1v) is 8.45. The maximum Gasteiger partial charge on any atom is 0.225 e. The number of aryl methyl sites for hydroxylation is 1. The van der Waals surface area contributed by atoms with Crippen LogP contribution in [-0.4, -0.2) is 35.0 Å². The van der Waals surface area contributed by atoms with E-state index in [1.165, 1.54) is 6.42 Å². The van der Waals surface area contributed by atoms with Gasteiger partial charge in [-0.25, -0.2) is 4.98 Å². The van der Waals surface area contributed by atoms with E-state index < -0.39 is 0 Å². The number of carbonyl (C=O) groups is 1. The number of thiazole rings is 1. The molecule has 5 heteroatoms. The van der Waals surface area contributed by atoms with Gasteiger partial charge >= 0.3 is 0 Å². The zero-order valence-corrected chi connectivity index (χ0v) is 12.8. The second kappa shape index (κ2) is 6.22. The Balaban J connectivity index is 1.69. The highest BCUT2D eigenvalue weighted by molar-refractivity contribution is 7.09. The van der Waals surface area contributed by atoms with Crippen LogP contribution in [-0.2, 0) is 9.53 Å². The molecule has 20 heavy (non-hydrogen) atoms. The van der Waals surface area contributed by atoms with Crippen LogP contribution in [0.2, 0.25) is 0 Å². The van der Waals surface area contributed by atoms with E-state index in [9.17, 15) is 4.79 Å². The number of ether oxygens (including phenoxy) is 1. The summed E-state index contributed by atoms with van der Waals surface area (Å²) in [4.78, 5) is 19.2. The van der Waals surface area contributed by atoms with Crippen LogP contribution < -0.4 is 0 Å². The Hall–Kier alpha value is -0.940. The minimum absolute atomic E-state index is 0.142. The molecule has 0 N–H and O–H groups in total. The van der Waals surface area contributed by atoms with Gasteiger partial charge in [-0.3, -0.25) is 4.79 Å². The number of carbonyl (C=O) groups excluding carboxylic acids is 1. The minimum Gasteiger partial charge on any atom is -0.378 e. The van der Waals surface area contributed by atoms with Crippen molar-refractivity contribution in [2.24, 2.45) is 0 Å². The third-order valence-corrected chi connectivity index (χ3v) is 5.24. The maximum atomic E-state index is 12.6. The van der Waals surface area contributed by atoms with Gasteiger partial charge < -0.3 is 9.64 Å². The van der Waals surface area contributed by atoms with Crippen molar-refractivity contribution in [3.8, 4) is 0 Å². The summed E-state index contributed by atoms with van der Waals surface area (Å²) < 4.78 is 5.60. The fourth-order valence-corrected chi connectivity index (χ4v) is 4.07. The first-order valence-electron chi connectivity index (χ1n) is 7.57. The first-order chi connectivity index (χ1) is 9.74. The summed E-state index contributed by atoms with van der Waals surface area (Å²) in [5.74, 6) is 0.245. The van der Waals surface area contributed by atoms with Crippen LogP contribution in [0.4, 0.5) is 0 Å². The molecule has 110 valence electrons. The summed E-state index contributed by atoms with van der Waals surface area (Å²) in [5.41, 5.74) is 1.06. The molecule has 3 rings (SSSR count). The lowest BCUT2D eigenvalue weighted by Crippen LogP contribution is -2.39. The van der Waals surface area contributed by atoms with Crippen molar-refractivity contribution in [1.29, 1.82) is 0 Å². The fourth-order valence-electron chi connectivity index (χ4n) is 3.13. The number of piperidine rings is 1. The van der Waals surface area contributed by atoms with Gasteiger partial charge in [-0.15, -0.1) is 11.3 Å². The minimum atomic E-state index is 0.142. The Kier molecular flexibility index (Phi) is 4.36. The zero-order valence-electron chi connectivity index (χ0n) is 12.0. The Morgan fingerprint density at radius 1 is 1.45 bits per heavy atom. The molecule has 1 aromatic rings. The molecule has 2 aliphatic rings. The summed E-state index contributed by atoms with van der Waals surface area (Å²) in [6, 6.07) is 0.191. The second-order valence-corrected chi connectivity index (χ2v) is 6.65. The molecule has 0 aromatic carbocycles. The molecule has 2 aliphatic heterocycles. The predicted molar refractivity (Wildman–Crippen MR) is 78.7 cm³/mol. The number of rotatable bonds is 3. The Labute approximate surface area is 124 Å². The van der Waals surface area contributed by atoms with Gasteiger partial charge in [0.2, 0.25) is 5.91 Å². The van der Waals surface area contributed by atoms with E-state index in [-0.39, 0.29) is 18.1 Å². The van der Waals surface area contributed by atoms with Crippen molar-refractivity contribution in [3.63, 3.8) is 0 Å².